The molecule has 0 saturated heterocycles. The lowest BCUT2D eigenvalue weighted by Gasteiger charge is -2.39. The van der Waals surface area contributed by atoms with Crippen LogP contribution in [0.25, 0.3) is 22.4 Å². The lowest BCUT2D eigenvalue weighted by Crippen LogP contribution is -2.32. The van der Waals surface area contributed by atoms with Crippen LogP contribution in [-0.4, -0.2) is 26.8 Å². The van der Waals surface area contributed by atoms with Crippen molar-refractivity contribution < 1.29 is 9.59 Å². The molecule has 4 unspecified atom stereocenters. The Bertz CT molecular complexity index is 1400. The van der Waals surface area contributed by atoms with E-state index in [9.17, 15) is 9.59 Å². The summed E-state index contributed by atoms with van der Waals surface area (Å²) in [6, 6.07) is 18.4. The van der Waals surface area contributed by atoms with Gasteiger partial charge in [0.2, 0.25) is 5.91 Å². The molecule has 37 heavy (non-hydrogen) atoms. The summed E-state index contributed by atoms with van der Waals surface area (Å²) in [6.45, 7) is 6.61. The largest absolute Gasteiger partial charge is 0.338 e. The molecule has 4 atom stereocenters. The van der Waals surface area contributed by atoms with Crippen molar-refractivity contribution in [3.63, 3.8) is 0 Å². The second-order valence-corrected chi connectivity index (χ2v) is 10.4. The lowest BCUT2D eigenvalue weighted by atomic mass is 9.66. The quantitative estimate of drug-likeness (QED) is 0.259. The number of aromatic nitrogens is 3. The summed E-state index contributed by atoms with van der Waals surface area (Å²) in [4.78, 5) is 37.5. The number of hydrogen-bond donors (Lipinski definition) is 3. The number of rotatable bonds is 8. The number of pyridine rings is 1. The molecule has 0 bridgehead atoms. The molecule has 0 aliphatic heterocycles. The SMILES string of the molecule is CC(CC(C)C1CCC1C)C(=O)Nc1ccc(-c2nc3ccc(C(=O)Nc4ccccn4)cc3[nH]2)cc1. The van der Waals surface area contributed by atoms with Crippen LogP contribution in [0.15, 0.2) is 66.9 Å². The zero-order valence-electron chi connectivity index (χ0n) is 21.5. The summed E-state index contributed by atoms with van der Waals surface area (Å²) in [5.74, 6) is 3.11. The summed E-state index contributed by atoms with van der Waals surface area (Å²) in [7, 11) is 0. The molecule has 4 aromatic rings. The van der Waals surface area contributed by atoms with Crippen LogP contribution in [0.5, 0.6) is 0 Å². The molecule has 5 rings (SSSR count). The predicted octanol–water partition coefficient (Wildman–Crippen LogP) is 6.52. The molecular weight excluding hydrogens is 462 g/mol. The first kappa shape index (κ1) is 24.7. The van der Waals surface area contributed by atoms with Gasteiger partial charge < -0.3 is 15.6 Å². The Kier molecular flexibility index (Phi) is 7.04. The van der Waals surface area contributed by atoms with E-state index in [2.05, 4.69) is 39.4 Å². The van der Waals surface area contributed by atoms with Gasteiger partial charge in [-0.2, -0.15) is 0 Å². The van der Waals surface area contributed by atoms with Gasteiger partial charge in [0.25, 0.3) is 5.91 Å². The molecule has 1 aliphatic carbocycles. The Morgan fingerprint density at radius 3 is 2.51 bits per heavy atom. The number of aromatic amines is 1. The van der Waals surface area contributed by atoms with Crippen LogP contribution in [0.1, 0.15) is 50.4 Å². The highest BCUT2D eigenvalue weighted by atomic mass is 16.2. The van der Waals surface area contributed by atoms with Crippen LogP contribution in [-0.2, 0) is 4.79 Å². The molecule has 1 fully saturated rings. The summed E-state index contributed by atoms with van der Waals surface area (Å²) in [5, 5.41) is 5.85. The Hall–Kier alpha value is -4.00. The third kappa shape index (κ3) is 5.56. The second kappa shape index (κ2) is 10.5. The number of nitrogens with zero attached hydrogens (tertiary/aromatic N) is 2. The summed E-state index contributed by atoms with van der Waals surface area (Å²) < 4.78 is 0. The van der Waals surface area contributed by atoms with Crippen LogP contribution in [0.2, 0.25) is 0 Å². The first-order valence-electron chi connectivity index (χ1n) is 13.0. The van der Waals surface area contributed by atoms with Crippen LogP contribution in [0.3, 0.4) is 0 Å². The van der Waals surface area contributed by atoms with E-state index < -0.39 is 0 Å². The van der Waals surface area contributed by atoms with E-state index in [-0.39, 0.29) is 17.7 Å². The number of hydrogen-bond acceptors (Lipinski definition) is 4. The van der Waals surface area contributed by atoms with Gasteiger partial charge in [0.15, 0.2) is 0 Å². The van der Waals surface area contributed by atoms with E-state index in [0.29, 0.717) is 23.1 Å². The molecule has 0 radical (unpaired) electrons. The minimum Gasteiger partial charge on any atom is -0.338 e. The highest BCUT2D eigenvalue weighted by Gasteiger charge is 2.32. The molecule has 7 heteroatoms. The van der Waals surface area contributed by atoms with E-state index in [4.69, 9.17) is 0 Å². The number of imidazole rings is 1. The van der Waals surface area contributed by atoms with Gasteiger partial charge in [-0.1, -0.05) is 33.3 Å². The topological polar surface area (TPSA) is 99.8 Å². The number of amides is 2. The molecular formula is C30H33N5O2. The number of H-pyrrole nitrogens is 1. The monoisotopic (exact) mass is 495 g/mol. The third-order valence-electron chi connectivity index (χ3n) is 7.67. The smallest absolute Gasteiger partial charge is 0.256 e. The Balaban J connectivity index is 1.22. The average molecular weight is 496 g/mol. The number of fused-ring (bicyclic) bond motifs is 1. The Morgan fingerprint density at radius 2 is 1.84 bits per heavy atom. The first-order valence-corrected chi connectivity index (χ1v) is 13.0. The molecule has 3 N–H and O–H groups in total. The fraction of sp³-hybridized carbons (Fsp3) is 0.333. The van der Waals surface area contributed by atoms with Gasteiger partial charge in [-0.25, -0.2) is 9.97 Å². The highest BCUT2D eigenvalue weighted by Crippen LogP contribution is 2.41. The zero-order valence-corrected chi connectivity index (χ0v) is 21.5. The number of nitrogens with one attached hydrogen (secondary N) is 3. The normalized spacial score (nSPS) is 18.6. The Labute approximate surface area is 217 Å². The maximum absolute atomic E-state index is 12.8. The average Bonchev–Trinajstić information content (AvgIpc) is 3.32. The molecule has 0 spiro atoms. The van der Waals surface area contributed by atoms with Crippen molar-refractivity contribution in [3.05, 3.63) is 72.4 Å². The van der Waals surface area contributed by atoms with Crippen molar-refractivity contribution in [3.8, 4) is 11.4 Å². The van der Waals surface area contributed by atoms with Crippen molar-refractivity contribution in [2.45, 2.75) is 40.0 Å². The summed E-state index contributed by atoms with van der Waals surface area (Å²) in [5.41, 5.74) is 3.72. The molecule has 1 saturated carbocycles. The first-order chi connectivity index (χ1) is 17.9. The molecule has 7 nitrogen and oxygen atoms in total. The molecule has 2 heterocycles. The highest BCUT2D eigenvalue weighted by molar-refractivity contribution is 6.05. The maximum atomic E-state index is 12.8. The number of anilines is 2. The summed E-state index contributed by atoms with van der Waals surface area (Å²) >= 11 is 0. The van der Waals surface area contributed by atoms with Crippen LogP contribution >= 0.6 is 0 Å². The van der Waals surface area contributed by atoms with Crippen molar-refractivity contribution in [2.75, 3.05) is 10.6 Å². The van der Waals surface area contributed by atoms with Gasteiger partial charge >= 0.3 is 0 Å². The molecule has 1 aliphatic rings. The molecule has 2 aromatic carbocycles. The lowest BCUT2D eigenvalue weighted by molar-refractivity contribution is -0.120. The van der Waals surface area contributed by atoms with Gasteiger partial charge in [0.05, 0.1) is 11.0 Å². The van der Waals surface area contributed by atoms with Crippen molar-refractivity contribution in [1.29, 1.82) is 0 Å². The minimum atomic E-state index is -0.234. The van der Waals surface area contributed by atoms with E-state index in [1.165, 1.54) is 12.8 Å². The number of carbonyl (C=O) groups excluding carboxylic acids is 2. The van der Waals surface area contributed by atoms with E-state index in [1.54, 1.807) is 30.5 Å². The standard InChI is InChI=1S/C30H33N5O2/c1-18-7-13-24(18)19(2)16-20(3)29(36)32-23-11-8-21(9-12-23)28-33-25-14-10-22(17-26(25)34-28)30(37)35-27-6-4-5-15-31-27/h4-6,8-12,14-15,17-20,24H,7,13,16H2,1-3H3,(H,32,36)(H,33,34)(H,31,35,37). The van der Waals surface area contributed by atoms with Crippen molar-refractivity contribution in [1.82, 2.24) is 15.0 Å². The molecule has 2 amide bonds. The van der Waals surface area contributed by atoms with Crippen LogP contribution < -0.4 is 10.6 Å². The van der Waals surface area contributed by atoms with E-state index in [1.807, 2.05) is 43.3 Å². The summed E-state index contributed by atoms with van der Waals surface area (Å²) in [6.07, 6.45) is 5.16. The van der Waals surface area contributed by atoms with Gasteiger partial charge in [0.1, 0.15) is 11.6 Å². The van der Waals surface area contributed by atoms with Crippen LogP contribution in [0.4, 0.5) is 11.5 Å². The van der Waals surface area contributed by atoms with Gasteiger partial charge in [-0.3, -0.25) is 9.59 Å². The molecule has 190 valence electrons. The van der Waals surface area contributed by atoms with Crippen molar-refractivity contribution >= 4 is 34.4 Å². The van der Waals surface area contributed by atoms with Gasteiger partial charge in [-0.05, 0) is 85.2 Å². The zero-order chi connectivity index (χ0) is 25.9. The van der Waals surface area contributed by atoms with E-state index in [0.717, 1.165) is 40.5 Å². The number of carbonyl (C=O) groups is 2. The van der Waals surface area contributed by atoms with Gasteiger partial charge in [-0.15, -0.1) is 0 Å². The molecule has 2 aromatic heterocycles. The predicted molar refractivity (Wildman–Crippen MR) is 147 cm³/mol. The Morgan fingerprint density at radius 1 is 1.03 bits per heavy atom. The maximum Gasteiger partial charge on any atom is 0.256 e. The fourth-order valence-electron chi connectivity index (χ4n) is 5.27. The van der Waals surface area contributed by atoms with Crippen LogP contribution in [0, 0.1) is 23.7 Å². The second-order valence-electron chi connectivity index (χ2n) is 10.4. The minimum absolute atomic E-state index is 0.0260. The fourth-order valence-corrected chi connectivity index (χ4v) is 5.27. The third-order valence-corrected chi connectivity index (χ3v) is 7.67. The van der Waals surface area contributed by atoms with Gasteiger partial charge in [0, 0.05) is 28.9 Å². The number of benzene rings is 2. The van der Waals surface area contributed by atoms with E-state index >= 15 is 0 Å². The van der Waals surface area contributed by atoms with Crippen molar-refractivity contribution in [2.24, 2.45) is 23.7 Å².